The number of unbranched alkanes of at least 4 members (excludes halogenated alkanes) is 11. The summed E-state index contributed by atoms with van der Waals surface area (Å²) in [4.78, 5) is 4.06. The number of hydrogen-bond acceptors (Lipinski definition) is 1. The first-order chi connectivity index (χ1) is 9.43. The second-order valence-corrected chi connectivity index (χ2v) is 5.69. The highest BCUT2D eigenvalue weighted by atomic mass is 35.5. The van der Waals surface area contributed by atoms with Crippen LogP contribution in [0, 0.1) is 0 Å². The summed E-state index contributed by atoms with van der Waals surface area (Å²) >= 11 is 0. The summed E-state index contributed by atoms with van der Waals surface area (Å²) in [6.45, 7) is 3.42. The molecule has 3 heteroatoms. The summed E-state index contributed by atoms with van der Waals surface area (Å²) in [6, 6.07) is 0. The van der Waals surface area contributed by atoms with E-state index in [1.165, 1.54) is 77.0 Å². The van der Waals surface area contributed by atoms with Crippen molar-refractivity contribution in [2.24, 2.45) is 0 Å². The third-order valence-electron chi connectivity index (χ3n) is 3.83. The Bertz CT molecular complexity index is 273. The summed E-state index contributed by atoms with van der Waals surface area (Å²) in [5, 5.41) is 0. The molecule has 0 aliphatic rings. The molecule has 0 aliphatic heterocycles. The average Bonchev–Trinajstić information content (AvgIpc) is 2.93. The molecule has 1 aromatic heterocycles. The van der Waals surface area contributed by atoms with Crippen LogP contribution in [0.15, 0.2) is 18.7 Å². The zero-order chi connectivity index (χ0) is 13.6. The molecule has 0 atom stereocenters. The lowest BCUT2D eigenvalue weighted by molar-refractivity contribution is 0.528. The van der Waals surface area contributed by atoms with E-state index in [0.29, 0.717) is 0 Å². The van der Waals surface area contributed by atoms with E-state index in [2.05, 4.69) is 22.7 Å². The third-order valence-corrected chi connectivity index (χ3v) is 3.83. The lowest BCUT2D eigenvalue weighted by Gasteiger charge is -2.03. The van der Waals surface area contributed by atoms with E-state index in [1.54, 1.807) is 0 Å². The monoisotopic (exact) mass is 300 g/mol. The van der Waals surface area contributed by atoms with Crippen LogP contribution in [0.4, 0.5) is 0 Å². The van der Waals surface area contributed by atoms with Crippen molar-refractivity contribution in [2.75, 3.05) is 0 Å². The number of nitrogens with zero attached hydrogens (tertiary/aromatic N) is 2. The maximum absolute atomic E-state index is 4.06. The van der Waals surface area contributed by atoms with Crippen LogP contribution in [-0.4, -0.2) is 9.55 Å². The van der Waals surface area contributed by atoms with Gasteiger partial charge in [-0.25, -0.2) is 4.98 Å². The van der Waals surface area contributed by atoms with Crippen molar-refractivity contribution >= 4 is 12.4 Å². The van der Waals surface area contributed by atoms with E-state index in [-0.39, 0.29) is 12.4 Å². The van der Waals surface area contributed by atoms with Crippen molar-refractivity contribution in [1.29, 1.82) is 0 Å². The van der Waals surface area contributed by atoms with Gasteiger partial charge in [0.15, 0.2) is 0 Å². The highest BCUT2D eigenvalue weighted by molar-refractivity contribution is 5.85. The first kappa shape index (κ1) is 19.5. The molecule has 0 N–H and O–H groups in total. The zero-order valence-electron chi connectivity index (χ0n) is 13.2. The normalized spacial score (nSPS) is 10.4. The van der Waals surface area contributed by atoms with Crippen LogP contribution in [0.2, 0.25) is 0 Å². The third kappa shape index (κ3) is 11.3. The number of aryl methyl sites for hydroxylation is 1. The van der Waals surface area contributed by atoms with Crippen molar-refractivity contribution in [3.63, 3.8) is 0 Å². The Morgan fingerprint density at radius 3 is 1.70 bits per heavy atom. The molecule has 0 saturated heterocycles. The van der Waals surface area contributed by atoms with Gasteiger partial charge < -0.3 is 4.57 Å². The largest absolute Gasteiger partial charge is 0.337 e. The van der Waals surface area contributed by atoms with Crippen LogP contribution in [0.25, 0.3) is 0 Å². The number of halogens is 1. The zero-order valence-corrected chi connectivity index (χ0v) is 14.0. The molecule has 0 bridgehead atoms. The Morgan fingerprint density at radius 2 is 1.25 bits per heavy atom. The fourth-order valence-corrected chi connectivity index (χ4v) is 2.55. The minimum absolute atomic E-state index is 0. The van der Waals surface area contributed by atoms with Crippen LogP contribution in [0.1, 0.15) is 84.0 Å². The summed E-state index contributed by atoms with van der Waals surface area (Å²) in [7, 11) is 0. The lowest BCUT2D eigenvalue weighted by Crippen LogP contribution is -1.93. The Hall–Kier alpha value is -0.500. The highest BCUT2D eigenvalue weighted by Crippen LogP contribution is 2.12. The van der Waals surface area contributed by atoms with E-state index >= 15 is 0 Å². The smallest absolute Gasteiger partial charge is 0.0945 e. The predicted octanol–water partition coefficient (Wildman–Crippen LogP) is 6.01. The van der Waals surface area contributed by atoms with Crippen molar-refractivity contribution in [3.8, 4) is 0 Å². The number of hydrogen-bond donors (Lipinski definition) is 0. The van der Waals surface area contributed by atoms with Gasteiger partial charge in [0.05, 0.1) is 6.33 Å². The first-order valence-electron chi connectivity index (χ1n) is 8.39. The highest BCUT2D eigenvalue weighted by Gasteiger charge is 1.94. The molecule has 0 aliphatic carbocycles. The quantitative estimate of drug-likeness (QED) is 0.408. The Balaban J connectivity index is 0.00000361. The topological polar surface area (TPSA) is 17.8 Å². The molecule has 1 aromatic rings. The van der Waals surface area contributed by atoms with Crippen LogP contribution in [-0.2, 0) is 6.54 Å². The molecule has 0 aromatic carbocycles. The minimum atomic E-state index is 0. The van der Waals surface area contributed by atoms with Gasteiger partial charge in [-0.1, -0.05) is 77.6 Å². The molecule has 0 unspecified atom stereocenters. The molecule has 0 fully saturated rings. The molecule has 20 heavy (non-hydrogen) atoms. The number of imidazole rings is 1. The Labute approximate surface area is 131 Å². The number of rotatable bonds is 13. The predicted molar refractivity (Wildman–Crippen MR) is 90.6 cm³/mol. The van der Waals surface area contributed by atoms with Crippen molar-refractivity contribution in [3.05, 3.63) is 18.7 Å². The van der Waals surface area contributed by atoms with Crippen LogP contribution in [0.5, 0.6) is 0 Å². The van der Waals surface area contributed by atoms with Gasteiger partial charge >= 0.3 is 0 Å². The molecule has 118 valence electrons. The molecule has 0 radical (unpaired) electrons. The van der Waals surface area contributed by atoms with Gasteiger partial charge in [0.2, 0.25) is 0 Å². The molecule has 0 amide bonds. The van der Waals surface area contributed by atoms with E-state index in [0.717, 1.165) is 6.54 Å². The molecular formula is C17H33ClN2. The summed E-state index contributed by atoms with van der Waals surface area (Å²) < 4.78 is 2.18. The second kappa shape index (κ2) is 14.9. The maximum Gasteiger partial charge on any atom is 0.0945 e. The van der Waals surface area contributed by atoms with Crippen molar-refractivity contribution in [2.45, 2.75) is 90.5 Å². The van der Waals surface area contributed by atoms with E-state index in [1.807, 2.05) is 12.5 Å². The fraction of sp³-hybridized carbons (Fsp3) is 0.824. The molecule has 1 rings (SSSR count). The second-order valence-electron chi connectivity index (χ2n) is 5.69. The number of aromatic nitrogens is 2. The van der Waals surface area contributed by atoms with E-state index in [9.17, 15) is 0 Å². The Kier molecular flexibility index (Phi) is 14.5. The Morgan fingerprint density at radius 1 is 0.750 bits per heavy atom. The standard InChI is InChI=1S/C17H32N2.ClH/c1-2-3-4-5-6-7-8-9-10-11-12-13-15-19-16-14-18-17-19;/h14,16-17H,2-13,15H2,1H3;1H. The lowest BCUT2D eigenvalue weighted by atomic mass is 10.1. The van der Waals surface area contributed by atoms with Crippen molar-refractivity contribution in [1.82, 2.24) is 9.55 Å². The summed E-state index contributed by atoms with van der Waals surface area (Å²) in [5.74, 6) is 0. The maximum atomic E-state index is 4.06. The molecule has 0 saturated carbocycles. The van der Waals surface area contributed by atoms with Crippen molar-refractivity contribution < 1.29 is 0 Å². The summed E-state index contributed by atoms with van der Waals surface area (Å²) in [6.07, 6.45) is 22.8. The first-order valence-corrected chi connectivity index (χ1v) is 8.39. The van der Waals surface area contributed by atoms with Crippen LogP contribution in [0.3, 0.4) is 0 Å². The van der Waals surface area contributed by atoms with Gasteiger partial charge in [-0.15, -0.1) is 12.4 Å². The molecule has 1 heterocycles. The molecular weight excluding hydrogens is 268 g/mol. The minimum Gasteiger partial charge on any atom is -0.337 e. The van der Waals surface area contributed by atoms with Gasteiger partial charge in [0.25, 0.3) is 0 Å². The SMILES string of the molecule is CCCCCCCCCCCCCCn1ccnc1.Cl. The van der Waals surface area contributed by atoms with Crippen LogP contribution < -0.4 is 0 Å². The van der Waals surface area contributed by atoms with Gasteiger partial charge in [-0.05, 0) is 6.42 Å². The molecule has 2 nitrogen and oxygen atoms in total. The van der Waals surface area contributed by atoms with E-state index in [4.69, 9.17) is 0 Å². The van der Waals surface area contributed by atoms with Crippen LogP contribution >= 0.6 is 12.4 Å². The van der Waals surface area contributed by atoms with Gasteiger partial charge in [0, 0.05) is 18.9 Å². The van der Waals surface area contributed by atoms with Gasteiger partial charge in [-0.3, -0.25) is 0 Å². The average molecular weight is 301 g/mol. The van der Waals surface area contributed by atoms with Gasteiger partial charge in [0.1, 0.15) is 0 Å². The molecule has 0 spiro atoms. The fourth-order valence-electron chi connectivity index (χ4n) is 2.55. The van der Waals surface area contributed by atoms with E-state index < -0.39 is 0 Å². The van der Waals surface area contributed by atoms with Gasteiger partial charge in [-0.2, -0.15) is 0 Å². The summed E-state index contributed by atoms with van der Waals surface area (Å²) in [5.41, 5.74) is 0.